The number of nitrogens with one attached hydrogen (secondary N) is 2. The van der Waals surface area contributed by atoms with Gasteiger partial charge in [0.25, 0.3) is 5.91 Å². The number of hydrogen-bond acceptors (Lipinski definition) is 4. The molecule has 0 saturated heterocycles. The Morgan fingerprint density at radius 3 is 2.65 bits per heavy atom. The van der Waals surface area contributed by atoms with Crippen LogP contribution in [0.15, 0.2) is 24.4 Å². The molecule has 2 aromatic heterocycles. The lowest BCUT2D eigenvalue weighted by Gasteiger charge is -2.06. The Morgan fingerprint density at radius 1 is 1.08 bits per heavy atom. The van der Waals surface area contributed by atoms with E-state index in [0.29, 0.717) is 30.8 Å². The van der Waals surface area contributed by atoms with Gasteiger partial charge in [-0.2, -0.15) is 0 Å². The van der Waals surface area contributed by atoms with Gasteiger partial charge < -0.3 is 15.7 Å². The van der Waals surface area contributed by atoms with Crippen molar-refractivity contribution < 1.29 is 19.5 Å². The highest BCUT2D eigenvalue weighted by Crippen LogP contribution is 2.11. The summed E-state index contributed by atoms with van der Waals surface area (Å²) in [6.45, 7) is 2.49. The summed E-state index contributed by atoms with van der Waals surface area (Å²) >= 11 is 0. The monoisotopic (exact) mass is 360 g/mol. The van der Waals surface area contributed by atoms with E-state index in [1.165, 1.54) is 0 Å². The maximum atomic E-state index is 12.4. The summed E-state index contributed by atoms with van der Waals surface area (Å²) in [7, 11) is 0. The third-order valence-corrected chi connectivity index (χ3v) is 3.95. The molecule has 0 aliphatic carbocycles. The maximum Gasteiger partial charge on any atom is 0.305 e. The Bertz CT molecular complexity index is 785. The van der Waals surface area contributed by atoms with Gasteiger partial charge in [0.2, 0.25) is 5.91 Å². The highest BCUT2D eigenvalue weighted by atomic mass is 16.4. The number of carbonyl (C=O) groups excluding carboxylic acids is 2. The number of nitrogens with zero attached hydrogens (tertiary/aromatic N) is 2. The third kappa shape index (κ3) is 5.58. The smallest absolute Gasteiger partial charge is 0.305 e. The predicted molar refractivity (Wildman–Crippen MR) is 96.0 cm³/mol. The number of fused-ring (bicyclic) bond motifs is 1. The zero-order valence-electron chi connectivity index (χ0n) is 14.8. The second-order valence-corrected chi connectivity index (χ2v) is 6.03. The minimum atomic E-state index is -0.928. The van der Waals surface area contributed by atoms with Gasteiger partial charge in [-0.05, 0) is 31.9 Å². The standard InChI is InChI=1S/C18H24N4O4/c1-13-17(22-12-6-4-7-14(22)21-13)18(26)20-10-5-2-3-8-15(23)19-11-9-16(24)25/h4,6-7,12H,2-3,5,8-11H2,1H3,(H,19,23)(H,20,26)(H,24,25). The molecule has 2 amide bonds. The molecule has 2 aromatic rings. The van der Waals surface area contributed by atoms with Crippen LogP contribution in [0.1, 0.15) is 48.3 Å². The number of amides is 2. The number of aryl methyl sites for hydroxylation is 1. The van der Waals surface area contributed by atoms with Crippen LogP contribution in [0, 0.1) is 6.92 Å². The number of carboxylic acids is 1. The average Bonchev–Trinajstić information content (AvgIpc) is 2.93. The van der Waals surface area contributed by atoms with Crippen molar-refractivity contribution in [1.29, 1.82) is 0 Å². The predicted octanol–water partition coefficient (Wildman–Crippen LogP) is 1.52. The second kappa shape index (κ2) is 9.55. The van der Waals surface area contributed by atoms with Crippen LogP contribution >= 0.6 is 0 Å². The molecular weight excluding hydrogens is 336 g/mol. The number of carboxylic acid groups (broad SMARTS) is 1. The summed E-state index contributed by atoms with van der Waals surface area (Å²) in [4.78, 5) is 38.6. The molecule has 0 aliphatic rings. The Morgan fingerprint density at radius 2 is 1.88 bits per heavy atom. The Balaban J connectivity index is 1.65. The zero-order chi connectivity index (χ0) is 18.9. The minimum absolute atomic E-state index is 0.0690. The fraction of sp³-hybridized carbons (Fsp3) is 0.444. The maximum absolute atomic E-state index is 12.4. The van der Waals surface area contributed by atoms with Crippen LogP contribution in [-0.4, -0.2) is 45.4 Å². The SMILES string of the molecule is Cc1nc2ccccn2c1C(=O)NCCCCCC(=O)NCCC(=O)O. The van der Waals surface area contributed by atoms with Gasteiger partial charge in [0.1, 0.15) is 11.3 Å². The molecule has 0 unspecified atom stereocenters. The first-order valence-electron chi connectivity index (χ1n) is 8.69. The molecule has 8 nitrogen and oxygen atoms in total. The molecule has 0 saturated carbocycles. The molecule has 2 rings (SSSR count). The number of unbranched alkanes of at least 4 members (excludes halogenated alkanes) is 2. The van der Waals surface area contributed by atoms with Crippen molar-refractivity contribution in [3.63, 3.8) is 0 Å². The van der Waals surface area contributed by atoms with Crippen molar-refractivity contribution in [3.05, 3.63) is 35.8 Å². The largest absolute Gasteiger partial charge is 0.481 e. The number of pyridine rings is 1. The van der Waals surface area contributed by atoms with Gasteiger partial charge in [0, 0.05) is 25.7 Å². The van der Waals surface area contributed by atoms with E-state index in [4.69, 9.17) is 5.11 Å². The van der Waals surface area contributed by atoms with Gasteiger partial charge in [-0.1, -0.05) is 12.5 Å². The first-order valence-corrected chi connectivity index (χ1v) is 8.69. The van der Waals surface area contributed by atoms with E-state index in [1.54, 1.807) is 4.40 Å². The molecular formula is C18H24N4O4. The summed E-state index contributed by atoms with van der Waals surface area (Å²) in [5, 5.41) is 14.0. The normalized spacial score (nSPS) is 10.7. The molecule has 140 valence electrons. The summed E-state index contributed by atoms with van der Waals surface area (Å²) in [6, 6.07) is 5.58. The molecule has 0 fully saturated rings. The molecule has 0 atom stereocenters. The quantitative estimate of drug-likeness (QED) is 0.556. The topological polar surface area (TPSA) is 113 Å². The van der Waals surface area contributed by atoms with Crippen LogP contribution in [-0.2, 0) is 9.59 Å². The first kappa shape index (κ1) is 19.4. The van der Waals surface area contributed by atoms with Crippen LogP contribution < -0.4 is 10.6 Å². The van der Waals surface area contributed by atoms with E-state index < -0.39 is 5.97 Å². The molecule has 0 spiro atoms. The van der Waals surface area contributed by atoms with Crippen LogP contribution in [0.3, 0.4) is 0 Å². The van der Waals surface area contributed by atoms with Crippen LogP contribution in [0.25, 0.3) is 5.65 Å². The lowest BCUT2D eigenvalue weighted by atomic mass is 10.2. The van der Waals surface area contributed by atoms with Gasteiger partial charge >= 0.3 is 5.97 Å². The van der Waals surface area contributed by atoms with E-state index in [0.717, 1.165) is 18.5 Å². The molecule has 0 bridgehead atoms. The van der Waals surface area contributed by atoms with Crippen molar-refractivity contribution >= 4 is 23.4 Å². The van der Waals surface area contributed by atoms with Gasteiger partial charge in [-0.15, -0.1) is 0 Å². The molecule has 0 aromatic carbocycles. The second-order valence-electron chi connectivity index (χ2n) is 6.03. The minimum Gasteiger partial charge on any atom is -0.481 e. The summed E-state index contributed by atoms with van der Waals surface area (Å²) in [5.74, 6) is -1.23. The van der Waals surface area contributed by atoms with E-state index in [1.807, 2.05) is 31.3 Å². The van der Waals surface area contributed by atoms with Gasteiger partial charge in [0.15, 0.2) is 0 Å². The molecule has 0 aliphatic heterocycles. The number of imidazole rings is 1. The van der Waals surface area contributed by atoms with Crippen molar-refractivity contribution in [1.82, 2.24) is 20.0 Å². The lowest BCUT2D eigenvalue weighted by Crippen LogP contribution is -2.27. The average molecular weight is 360 g/mol. The Kier molecular flexibility index (Phi) is 7.13. The summed E-state index contributed by atoms with van der Waals surface area (Å²) in [5.41, 5.74) is 1.97. The fourth-order valence-electron chi connectivity index (χ4n) is 2.66. The van der Waals surface area contributed by atoms with E-state index in [-0.39, 0.29) is 24.8 Å². The van der Waals surface area contributed by atoms with E-state index in [9.17, 15) is 14.4 Å². The molecule has 0 radical (unpaired) electrons. The van der Waals surface area contributed by atoms with E-state index in [2.05, 4.69) is 15.6 Å². The van der Waals surface area contributed by atoms with Crippen molar-refractivity contribution in [2.45, 2.75) is 39.0 Å². The number of aliphatic carboxylic acids is 1. The number of aromatic nitrogens is 2. The van der Waals surface area contributed by atoms with E-state index >= 15 is 0 Å². The van der Waals surface area contributed by atoms with Crippen LogP contribution in [0.4, 0.5) is 0 Å². The highest BCUT2D eigenvalue weighted by molar-refractivity contribution is 5.94. The van der Waals surface area contributed by atoms with Crippen molar-refractivity contribution in [2.24, 2.45) is 0 Å². The van der Waals surface area contributed by atoms with Crippen molar-refractivity contribution in [3.8, 4) is 0 Å². The molecule has 8 heteroatoms. The van der Waals surface area contributed by atoms with Crippen molar-refractivity contribution in [2.75, 3.05) is 13.1 Å². The molecule has 2 heterocycles. The zero-order valence-corrected chi connectivity index (χ0v) is 14.8. The molecule has 3 N–H and O–H groups in total. The Labute approximate surface area is 151 Å². The van der Waals surface area contributed by atoms with Crippen LogP contribution in [0.5, 0.6) is 0 Å². The first-order chi connectivity index (χ1) is 12.5. The summed E-state index contributed by atoms with van der Waals surface area (Å²) < 4.78 is 1.77. The number of hydrogen-bond donors (Lipinski definition) is 3. The third-order valence-electron chi connectivity index (χ3n) is 3.95. The number of carbonyl (C=O) groups is 3. The summed E-state index contributed by atoms with van der Waals surface area (Å²) in [6.07, 6.45) is 4.37. The van der Waals surface area contributed by atoms with Gasteiger partial charge in [0.05, 0.1) is 12.1 Å². The highest BCUT2D eigenvalue weighted by Gasteiger charge is 2.15. The fourth-order valence-corrected chi connectivity index (χ4v) is 2.66. The number of rotatable bonds is 10. The lowest BCUT2D eigenvalue weighted by molar-refractivity contribution is -0.136. The Hall–Kier alpha value is -2.90. The molecule has 26 heavy (non-hydrogen) atoms. The van der Waals surface area contributed by atoms with Crippen LogP contribution in [0.2, 0.25) is 0 Å². The van der Waals surface area contributed by atoms with Gasteiger partial charge in [-0.25, -0.2) is 4.98 Å². The van der Waals surface area contributed by atoms with Gasteiger partial charge in [-0.3, -0.25) is 18.8 Å².